The Morgan fingerprint density at radius 2 is 1.95 bits per heavy atom. The molecule has 3 atom stereocenters. The van der Waals surface area contributed by atoms with Crippen LogP contribution in [0.1, 0.15) is 13.8 Å². The summed E-state index contributed by atoms with van der Waals surface area (Å²) in [7, 11) is 0. The highest BCUT2D eigenvalue weighted by Crippen LogP contribution is 2.45. The van der Waals surface area contributed by atoms with Crippen molar-refractivity contribution < 1.29 is 13.9 Å². The monoisotopic (exact) mass is 571 g/mol. The lowest BCUT2D eigenvalue weighted by molar-refractivity contribution is -0.130. The van der Waals surface area contributed by atoms with Gasteiger partial charge in [-0.15, -0.1) is 11.8 Å². The number of thioether (sulfide) groups is 1. The summed E-state index contributed by atoms with van der Waals surface area (Å²) in [4.78, 5) is 35.3. The van der Waals surface area contributed by atoms with Crippen molar-refractivity contribution in [1.82, 2.24) is 14.5 Å². The number of rotatable bonds is 6. The Bertz CT molecular complexity index is 1470. The van der Waals surface area contributed by atoms with Gasteiger partial charge in [-0.1, -0.05) is 30.3 Å². The molecule has 5 rings (SSSR count). The molecular weight excluding hydrogens is 541 g/mol. The number of anilines is 1. The first-order valence-electron chi connectivity index (χ1n) is 12.9. The van der Waals surface area contributed by atoms with Gasteiger partial charge in [0.05, 0.1) is 29.8 Å². The molecule has 2 aliphatic heterocycles. The van der Waals surface area contributed by atoms with Gasteiger partial charge in [0, 0.05) is 53.3 Å². The Hall–Kier alpha value is -2.92. The zero-order valence-corrected chi connectivity index (χ0v) is 23.5. The molecule has 0 spiro atoms. The second kappa shape index (κ2) is 11.3. The summed E-state index contributed by atoms with van der Waals surface area (Å²) in [6.07, 6.45) is 1.07. The number of carbonyl (C=O) groups excluding carboxylic acids is 1. The van der Waals surface area contributed by atoms with E-state index < -0.39 is 0 Å². The van der Waals surface area contributed by atoms with E-state index in [9.17, 15) is 14.0 Å². The zero-order chi connectivity index (χ0) is 27.8. The summed E-state index contributed by atoms with van der Waals surface area (Å²) in [5.74, 6) is 0.649. The molecule has 2 N–H and O–H groups in total. The largest absolute Gasteiger partial charge is 0.374 e. The average molecular weight is 572 g/mol. The maximum atomic E-state index is 13.8. The van der Waals surface area contributed by atoms with Crippen LogP contribution in [0, 0.1) is 5.82 Å². The lowest BCUT2D eigenvalue weighted by atomic mass is 10.0. The van der Waals surface area contributed by atoms with E-state index in [1.165, 1.54) is 18.2 Å². The summed E-state index contributed by atoms with van der Waals surface area (Å²) >= 11 is 8.51. The third-order valence-electron chi connectivity index (χ3n) is 7.20. The summed E-state index contributed by atoms with van der Waals surface area (Å²) in [6.45, 7) is 9.65. The number of carbonyl (C=O) groups is 1. The average Bonchev–Trinajstić information content (AvgIpc) is 3.10. The van der Waals surface area contributed by atoms with E-state index in [1.54, 1.807) is 33.4 Å². The minimum Gasteiger partial charge on any atom is -0.374 e. The summed E-state index contributed by atoms with van der Waals surface area (Å²) in [6, 6.07) is 7.78. The van der Waals surface area contributed by atoms with Crippen molar-refractivity contribution in [3.05, 3.63) is 64.3 Å². The smallest absolute Gasteiger partial charge is 0.350 e. The van der Waals surface area contributed by atoms with Crippen molar-refractivity contribution in [3.63, 3.8) is 0 Å². The molecule has 1 aromatic heterocycles. The minimum atomic E-state index is -0.389. The Morgan fingerprint density at radius 1 is 1.26 bits per heavy atom. The molecule has 0 bridgehead atoms. The number of piperazine rings is 1. The molecule has 11 heteroatoms. The SMILES string of the molecule is C=CC(=O)N1C(C)CN(c2nc(=O)n3c4c(c(-c5ccc(F)cc5)c(Cl)cc24)SCC(OCCN)C3)CC1C. The van der Waals surface area contributed by atoms with E-state index >= 15 is 0 Å². The molecule has 1 fully saturated rings. The Kier molecular flexibility index (Phi) is 8.00. The molecule has 0 aliphatic carbocycles. The maximum absolute atomic E-state index is 13.8. The van der Waals surface area contributed by atoms with Crippen molar-refractivity contribution >= 4 is 46.0 Å². The third kappa shape index (κ3) is 5.18. The van der Waals surface area contributed by atoms with Crippen LogP contribution in [0.25, 0.3) is 22.0 Å². The van der Waals surface area contributed by atoms with Gasteiger partial charge in [0.25, 0.3) is 0 Å². The van der Waals surface area contributed by atoms with Crippen LogP contribution in [0.4, 0.5) is 10.2 Å². The number of hydrogen-bond donors (Lipinski definition) is 1. The molecule has 3 unspecified atom stereocenters. The molecule has 2 aliphatic rings. The zero-order valence-electron chi connectivity index (χ0n) is 21.9. The highest BCUT2D eigenvalue weighted by molar-refractivity contribution is 7.99. The predicted octanol–water partition coefficient (Wildman–Crippen LogP) is 3.92. The highest BCUT2D eigenvalue weighted by atomic mass is 35.5. The van der Waals surface area contributed by atoms with Crippen LogP contribution in [-0.4, -0.2) is 70.5 Å². The van der Waals surface area contributed by atoms with Crippen LogP contribution in [-0.2, 0) is 16.1 Å². The standard InChI is InChI=1S/C28H31ClFN5O3S/c1-4-23(36)35-16(2)12-33(13-17(35)3)27-21-11-22(29)24(18-5-7-19(30)8-6-18)26-25(21)34(28(37)32-27)14-20(15-39-26)38-10-9-31/h4-8,11,16-17,20H,1,9-10,12-15,31H2,2-3H3. The molecule has 3 heterocycles. The Morgan fingerprint density at radius 3 is 2.59 bits per heavy atom. The quantitative estimate of drug-likeness (QED) is 0.448. The van der Waals surface area contributed by atoms with Crippen LogP contribution in [0.2, 0.25) is 5.02 Å². The number of nitrogens with two attached hydrogens (primary N) is 1. The fourth-order valence-electron chi connectivity index (χ4n) is 5.60. The van der Waals surface area contributed by atoms with E-state index in [1.807, 2.05) is 19.9 Å². The molecule has 3 aromatic rings. The number of hydrogen-bond acceptors (Lipinski definition) is 7. The van der Waals surface area contributed by atoms with Gasteiger partial charge in [-0.25, -0.2) is 9.18 Å². The number of halogens is 2. The normalized spacial score (nSPS) is 21.2. The molecule has 0 radical (unpaired) electrons. The highest BCUT2D eigenvalue weighted by Gasteiger charge is 2.34. The topological polar surface area (TPSA) is 93.7 Å². The Labute approximate surface area is 235 Å². The van der Waals surface area contributed by atoms with Gasteiger partial charge in [-0.2, -0.15) is 4.98 Å². The summed E-state index contributed by atoms with van der Waals surface area (Å²) < 4.78 is 21.4. The molecule has 39 heavy (non-hydrogen) atoms. The van der Waals surface area contributed by atoms with E-state index in [-0.39, 0.29) is 35.6 Å². The second-order valence-corrected chi connectivity index (χ2v) is 11.4. The van der Waals surface area contributed by atoms with Crippen molar-refractivity contribution in [2.45, 2.75) is 43.5 Å². The number of benzene rings is 2. The molecule has 1 saturated heterocycles. The predicted molar refractivity (Wildman–Crippen MR) is 154 cm³/mol. The summed E-state index contributed by atoms with van der Waals surface area (Å²) in [5.41, 5.74) is 7.50. The van der Waals surface area contributed by atoms with Gasteiger partial charge in [-0.3, -0.25) is 9.36 Å². The van der Waals surface area contributed by atoms with Crippen molar-refractivity contribution in [3.8, 4) is 11.1 Å². The summed E-state index contributed by atoms with van der Waals surface area (Å²) in [5, 5.41) is 1.23. The van der Waals surface area contributed by atoms with Crippen molar-refractivity contribution in [2.75, 3.05) is 36.9 Å². The third-order valence-corrected chi connectivity index (χ3v) is 8.72. The number of aromatic nitrogens is 2. The van der Waals surface area contributed by atoms with Crippen LogP contribution >= 0.6 is 23.4 Å². The first kappa shape index (κ1) is 27.6. The molecule has 1 amide bonds. The lowest BCUT2D eigenvalue weighted by Crippen LogP contribution is -2.58. The molecule has 2 aromatic carbocycles. The number of ether oxygens (including phenoxy) is 1. The van der Waals surface area contributed by atoms with Crippen LogP contribution in [0.15, 0.2) is 52.7 Å². The second-order valence-electron chi connectivity index (χ2n) is 9.94. The number of nitrogens with zero attached hydrogens (tertiary/aromatic N) is 4. The van der Waals surface area contributed by atoms with Crippen molar-refractivity contribution in [2.24, 2.45) is 5.73 Å². The van der Waals surface area contributed by atoms with Gasteiger partial charge < -0.3 is 20.3 Å². The van der Waals surface area contributed by atoms with E-state index in [0.29, 0.717) is 49.4 Å². The fourth-order valence-corrected chi connectivity index (χ4v) is 7.25. The first-order chi connectivity index (χ1) is 18.7. The first-order valence-corrected chi connectivity index (χ1v) is 14.3. The van der Waals surface area contributed by atoms with Crippen molar-refractivity contribution in [1.29, 1.82) is 0 Å². The van der Waals surface area contributed by atoms with Crippen LogP contribution < -0.4 is 16.3 Å². The van der Waals surface area contributed by atoms with Crippen LogP contribution in [0.5, 0.6) is 0 Å². The molecule has 8 nitrogen and oxygen atoms in total. The minimum absolute atomic E-state index is 0.119. The van der Waals surface area contributed by atoms with Gasteiger partial charge in [0.2, 0.25) is 5.91 Å². The Balaban J connectivity index is 1.70. The van der Waals surface area contributed by atoms with E-state index in [4.69, 9.17) is 22.1 Å². The van der Waals surface area contributed by atoms with E-state index in [0.717, 1.165) is 26.9 Å². The van der Waals surface area contributed by atoms with E-state index in [2.05, 4.69) is 16.5 Å². The lowest BCUT2D eigenvalue weighted by Gasteiger charge is -2.44. The number of amides is 1. The van der Waals surface area contributed by atoms with Gasteiger partial charge in [-0.05, 0) is 43.7 Å². The van der Waals surface area contributed by atoms with Crippen LogP contribution in [0.3, 0.4) is 0 Å². The molecule has 0 saturated carbocycles. The van der Waals surface area contributed by atoms with Gasteiger partial charge >= 0.3 is 5.69 Å². The van der Waals surface area contributed by atoms with Gasteiger partial charge in [0.15, 0.2) is 0 Å². The fraction of sp³-hybridized carbons (Fsp3) is 0.393. The van der Waals surface area contributed by atoms with Gasteiger partial charge in [0.1, 0.15) is 11.6 Å². The molecule has 206 valence electrons. The maximum Gasteiger partial charge on any atom is 0.350 e. The molecular formula is C28H31ClFN5O3S.